The van der Waals surface area contributed by atoms with E-state index < -0.39 is 0 Å². The standard InChI is InChI=1S/C18H28N2O/c1-13-8-14(2)18(15(3)9-13)17(21)12-20(5)11-16-6-7-19(4)10-16/h8-9,16H,6-7,10-12H2,1-5H3. The molecule has 116 valence electrons. The number of benzene rings is 1. The molecule has 0 amide bonds. The molecular formula is C18H28N2O. The molecule has 0 spiro atoms. The molecule has 1 unspecified atom stereocenters. The number of rotatable bonds is 5. The highest BCUT2D eigenvalue weighted by molar-refractivity contribution is 6.00. The minimum absolute atomic E-state index is 0.249. The van der Waals surface area contributed by atoms with Crippen LogP contribution in [0.25, 0.3) is 0 Å². The van der Waals surface area contributed by atoms with Crippen molar-refractivity contribution in [3.63, 3.8) is 0 Å². The van der Waals surface area contributed by atoms with Crippen LogP contribution in [0.2, 0.25) is 0 Å². The monoisotopic (exact) mass is 288 g/mol. The van der Waals surface area contributed by atoms with E-state index in [-0.39, 0.29) is 5.78 Å². The first-order valence-corrected chi connectivity index (χ1v) is 7.85. The van der Waals surface area contributed by atoms with Gasteiger partial charge in [-0.15, -0.1) is 0 Å². The van der Waals surface area contributed by atoms with Crippen LogP contribution in [-0.4, -0.2) is 55.9 Å². The Kier molecular flexibility index (Phi) is 5.17. The third kappa shape index (κ3) is 4.14. The average Bonchev–Trinajstić information content (AvgIpc) is 2.72. The maximum atomic E-state index is 12.6. The fraction of sp³-hybridized carbons (Fsp3) is 0.611. The topological polar surface area (TPSA) is 23.6 Å². The third-order valence-electron chi connectivity index (χ3n) is 4.43. The summed E-state index contributed by atoms with van der Waals surface area (Å²) < 4.78 is 0. The molecule has 0 radical (unpaired) electrons. The summed E-state index contributed by atoms with van der Waals surface area (Å²) in [6, 6.07) is 4.21. The van der Waals surface area contributed by atoms with Gasteiger partial charge in [0, 0.05) is 18.7 Å². The molecule has 1 atom stereocenters. The van der Waals surface area contributed by atoms with Crippen LogP contribution in [0.3, 0.4) is 0 Å². The lowest BCUT2D eigenvalue weighted by atomic mass is 9.96. The molecule has 3 nitrogen and oxygen atoms in total. The SMILES string of the molecule is Cc1cc(C)c(C(=O)CN(C)CC2CCN(C)C2)c(C)c1. The highest BCUT2D eigenvalue weighted by Crippen LogP contribution is 2.19. The molecule has 21 heavy (non-hydrogen) atoms. The molecule has 1 aliphatic heterocycles. The van der Waals surface area contributed by atoms with Crippen molar-refractivity contribution in [2.24, 2.45) is 5.92 Å². The van der Waals surface area contributed by atoms with E-state index in [1.807, 2.05) is 13.8 Å². The number of carbonyl (C=O) groups is 1. The van der Waals surface area contributed by atoms with Gasteiger partial charge in [0.1, 0.15) is 0 Å². The summed E-state index contributed by atoms with van der Waals surface area (Å²) in [5, 5.41) is 0. The molecule has 1 aliphatic rings. The van der Waals surface area contributed by atoms with Crippen molar-refractivity contribution in [1.82, 2.24) is 9.80 Å². The molecule has 1 aromatic rings. The normalized spacial score (nSPS) is 19.4. The van der Waals surface area contributed by atoms with E-state index in [0.29, 0.717) is 12.5 Å². The predicted octanol–water partition coefficient (Wildman–Crippen LogP) is 2.68. The van der Waals surface area contributed by atoms with Crippen molar-refractivity contribution < 1.29 is 4.79 Å². The molecule has 0 N–H and O–H groups in total. The average molecular weight is 288 g/mol. The van der Waals surface area contributed by atoms with Crippen LogP contribution in [0, 0.1) is 26.7 Å². The van der Waals surface area contributed by atoms with Crippen molar-refractivity contribution in [2.45, 2.75) is 27.2 Å². The number of ketones is 1. The van der Waals surface area contributed by atoms with Crippen LogP contribution in [-0.2, 0) is 0 Å². The van der Waals surface area contributed by atoms with Gasteiger partial charge in [0.25, 0.3) is 0 Å². The summed E-state index contributed by atoms with van der Waals surface area (Å²) in [5.41, 5.74) is 4.35. The minimum Gasteiger partial charge on any atom is -0.306 e. The minimum atomic E-state index is 0.249. The number of likely N-dealkylation sites (N-methyl/N-ethyl adjacent to an activating group) is 1. The highest BCUT2D eigenvalue weighted by atomic mass is 16.1. The Bertz CT molecular complexity index is 501. The van der Waals surface area contributed by atoms with Gasteiger partial charge < -0.3 is 4.90 Å². The molecule has 0 bridgehead atoms. The van der Waals surface area contributed by atoms with E-state index in [2.05, 4.69) is 43.0 Å². The smallest absolute Gasteiger partial charge is 0.177 e. The van der Waals surface area contributed by atoms with E-state index in [1.165, 1.54) is 18.5 Å². The van der Waals surface area contributed by atoms with Gasteiger partial charge in [0.2, 0.25) is 0 Å². The molecule has 1 saturated heterocycles. The van der Waals surface area contributed by atoms with E-state index >= 15 is 0 Å². The molecule has 0 saturated carbocycles. The molecule has 2 rings (SSSR count). The molecule has 0 aliphatic carbocycles. The molecule has 0 aromatic heterocycles. The Morgan fingerprint density at radius 1 is 1.29 bits per heavy atom. The van der Waals surface area contributed by atoms with Crippen LogP contribution in [0.15, 0.2) is 12.1 Å². The zero-order chi connectivity index (χ0) is 15.6. The van der Waals surface area contributed by atoms with Crippen LogP contribution in [0.1, 0.15) is 33.5 Å². The maximum absolute atomic E-state index is 12.6. The largest absolute Gasteiger partial charge is 0.306 e. The van der Waals surface area contributed by atoms with Crippen LogP contribution in [0.5, 0.6) is 0 Å². The highest BCUT2D eigenvalue weighted by Gasteiger charge is 2.22. The summed E-state index contributed by atoms with van der Waals surface area (Å²) in [4.78, 5) is 17.1. The number of Topliss-reactive ketones (excluding diaryl/α,β-unsaturated/α-hetero) is 1. The summed E-state index contributed by atoms with van der Waals surface area (Å²) in [6.45, 7) is 10.0. The Hall–Kier alpha value is -1.19. The van der Waals surface area contributed by atoms with Crippen molar-refractivity contribution in [3.8, 4) is 0 Å². The van der Waals surface area contributed by atoms with Gasteiger partial charge in [-0.25, -0.2) is 0 Å². The van der Waals surface area contributed by atoms with E-state index in [1.54, 1.807) is 0 Å². The van der Waals surface area contributed by atoms with Gasteiger partial charge in [-0.1, -0.05) is 17.7 Å². The number of hydrogen-bond donors (Lipinski definition) is 0. The Balaban J connectivity index is 1.98. The molecule has 1 fully saturated rings. The lowest BCUT2D eigenvalue weighted by molar-refractivity contribution is 0.0937. The van der Waals surface area contributed by atoms with Gasteiger partial charge in [-0.05, 0) is 64.9 Å². The number of carbonyl (C=O) groups excluding carboxylic acids is 1. The van der Waals surface area contributed by atoms with Crippen molar-refractivity contribution >= 4 is 5.78 Å². The van der Waals surface area contributed by atoms with Gasteiger partial charge in [0.15, 0.2) is 5.78 Å². The molecule has 1 aromatic carbocycles. The van der Waals surface area contributed by atoms with Crippen LogP contribution in [0.4, 0.5) is 0 Å². The summed E-state index contributed by atoms with van der Waals surface area (Å²) in [7, 11) is 4.24. The van der Waals surface area contributed by atoms with Crippen molar-refractivity contribution in [2.75, 3.05) is 40.3 Å². The quantitative estimate of drug-likeness (QED) is 0.778. The molecular weight excluding hydrogens is 260 g/mol. The lowest BCUT2D eigenvalue weighted by Gasteiger charge is -2.21. The molecule has 3 heteroatoms. The van der Waals surface area contributed by atoms with Gasteiger partial charge in [-0.2, -0.15) is 0 Å². The first-order chi connectivity index (χ1) is 9.86. The van der Waals surface area contributed by atoms with Crippen LogP contribution >= 0.6 is 0 Å². The number of likely N-dealkylation sites (tertiary alicyclic amines) is 1. The second-order valence-electron chi connectivity index (χ2n) is 6.81. The fourth-order valence-electron chi connectivity index (χ4n) is 3.62. The molecule has 1 heterocycles. The van der Waals surface area contributed by atoms with E-state index in [4.69, 9.17) is 0 Å². The number of hydrogen-bond acceptors (Lipinski definition) is 3. The van der Waals surface area contributed by atoms with Gasteiger partial charge >= 0.3 is 0 Å². The van der Waals surface area contributed by atoms with Crippen molar-refractivity contribution in [3.05, 3.63) is 34.4 Å². The fourth-order valence-corrected chi connectivity index (χ4v) is 3.62. The Labute approximate surface area is 128 Å². The van der Waals surface area contributed by atoms with Gasteiger partial charge in [-0.3, -0.25) is 9.69 Å². The predicted molar refractivity (Wildman–Crippen MR) is 88.1 cm³/mol. The van der Waals surface area contributed by atoms with E-state index in [0.717, 1.165) is 29.8 Å². The maximum Gasteiger partial charge on any atom is 0.177 e. The summed E-state index contributed by atoms with van der Waals surface area (Å²) in [6.07, 6.45) is 1.25. The zero-order valence-corrected chi connectivity index (χ0v) is 14.1. The lowest BCUT2D eigenvalue weighted by Crippen LogP contribution is -2.32. The van der Waals surface area contributed by atoms with Crippen molar-refractivity contribution in [1.29, 1.82) is 0 Å². The van der Waals surface area contributed by atoms with Crippen LogP contribution < -0.4 is 0 Å². The number of nitrogens with zero attached hydrogens (tertiary/aromatic N) is 2. The number of aryl methyl sites for hydroxylation is 3. The first kappa shape index (κ1) is 16.2. The first-order valence-electron chi connectivity index (χ1n) is 7.85. The summed E-state index contributed by atoms with van der Waals surface area (Å²) >= 11 is 0. The van der Waals surface area contributed by atoms with Gasteiger partial charge in [0.05, 0.1) is 6.54 Å². The zero-order valence-electron chi connectivity index (χ0n) is 14.1. The van der Waals surface area contributed by atoms with E-state index in [9.17, 15) is 4.79 Å². The second kappa shape index (κ2) is 6.71. The Morgan fingerprint density at radius 3 is 2.43 bits per heavy atom. The summed E-state index contributed by atoms with van der Waals surface area (Å²) in [5.74, 6) is 0.951. The third-order valence-corrected chi connectivity index (χ3v) is 4.43. The second-order valence-corrected chi connectivity index (χ2v) is 6.81. The Morgan fingerprint density at radius 2 is 1.90 bits per heavy atom.